The molecule has 0 aliphatic heterocycles. The van der Waals surface area contributed by atoms with Crippen LogP contribution in [0.25, 0.3) is 0 Å². The van der Waals surface area contributed by atoms with Gasteiger partial charge in [0, 0.05) is 25.4 Å². The molecule has 0 fully saturated rings. The number of hydrogen-bond acceptors (Lipinski definition) is 3. The van der Waals surface area contributed by atoms with Gasteiger partial charge in [-0.2, -0.15) is 0 Å². The molecule has 1 atom stereocenters. The first kappa shape index (κ1) is 15.6. The molecule has 5 heteroatoms. The number of carbonyl (C=O) groups is 1. The summed E-state index contributed by atoms with van der Waals surface area (Å²) in [5.74, 6) is -0.0995. The van der Waals surface area contributed by atoms with Gasteiger partial charge in [-0.15, -0.1) is 0 Å². The van der Waals surface area contributed by atoms with Crippen molar-refractivity contribution in [2.24, 2.45) is 5.73 Å². The predicted molar refractivity (Wildman–Crippen MR) is 81.4 cm³/mol. The van der Waals surface area contributed by atoms with Crippen LogP contribution in [0.1, 0.15) is 25.8 Å². The van der Waals surface area contributed by atoms with Gasteiger partial charge in [-0.25, -0.2) is 0 Å². The first-order valence-corrected chi connectivity index (χ1v) is 6.49. The summed E-state index contributed by atoms with van der Waals surface area (Å²) in [6.07, 6.45) is 0.599. The number of rotatable bonds is 5. The molecule has 104 valence electrons. The van der Waals surface area contributed by atoms with Crippen molar-refractivity contribution in [3.05, 3.63) is 29.8 Å². The van der Waals surface area contributed by atoms with Crippen LogP contribution in [0.15, 0.2) is 24.3 Å². The number of carbonyl (C=O) groups excluding carboxylic acids is 1. The second kappa shape index (κ2) is 6.12. The average molecular weight is 280 g/mol. The quantitative estimate of drug-likeness (QED) is 0.839. The largest absolute Gasteiger partial charge is 0.389 e. The summed E-state index contributed by atoms with van der Waals surface area (Å²) in [5.41, 5.74) is 6.26. The fourth-order valence-corrected chi connectivity index (χ4v) is 1.85. The van der Waals surface area contributed by atoms with Gasteiger partial charge in [-0.1, -0.05) is 31.3 Å². The number of nitrogens with zero attached hydrogens (tertiary/aromatic N) is 1. The summed E-state index contributed by atoms with van der Waals surface area (Å²) in [5, 5.41) is 0. The average Bonchev–Trinajstić information content (AvgIpc) is 2.44. The normalized spacial score (nSPS) is 13.7. The zero-order valence-corrected chi connectivity index (χ0v) is 12.6. The summed E-state index contributed by atoms with van der Waals surface area (Å²) < 4.78 is 5.33. The molecule has 1 aromatic carbocycles. The molecule has 0 heterocycles. The summed E-state index contributed by atoms with van der Waals surface area (Å²) in [7, 11) is 3.26. The number of amides is 1. The van der Waals surface area contributed by atoms with E-state index in [4.69, 9.17) is 22.7 Å². The smallest absolute Gasteiger partial charge is 0.258 e. The van der Waals surface area contributed by atoms with Crippen molar-refractivity contribution in [1.29, 1.82) is 0 Å². The van der Waals surface area contributed by atoms with E-state index < -0.39 is 5.60 Å². The summed E-state index contributed by atoms with van der Waals surface area (Å²) in [6.45, 7) is 3.70. The molecule has 1 amide bonds. The minimum absolute atomic E-state index is 0.0995. The highest BCUT2D eigenvalue weighted by Gasteiger charge is 2.34. The Hall–Kier alpha value is -1.46. The van der Waals surface area contributed by atoms with Crippen molar-refractivity contribution < 1.29 is 9.53 Å². The lowest BCUT2D eigenvalue weighted by Crippen LogP contribution is -2.46. The van der Waals surface area contributed by atoms with Crippen molar-refractivity contribution in [2.45, 2.75) is 25.9 Å². The SMILES string of the molecule is CCC(C)(OC)C(=O)N(C)c1cccc(C(N)=S)c1. The standard InChI is InChI=1S/C14H20N2O2S/c1-5-14(2,18-4)13(17)16(3)11-8-6-7-10(9-11)12(15)19/h6-9H,5H2,1-4H3,(H2,15,19). The van der Waals surface area contributed by atoms with E-state index in [-0.39, 0.29) is 5.91 Å². The zero-order chi connectivity index (χ0) is 14.6. The molecule has 1 aromatic rings. The maximum absolute atomic E-state index is 12.4. The van der Waals surface area contributed by atoms with E-state index in [1.54, 1.807) is 32.0 Å². The predicted octanol–water partition coefficient (Wildman–Crippen LogP) is 2.10. The van der Waals surface area contributed by atoms with E-state index in [2.05, 4.69) is 0 Å². The maximum atomic E-state index is 12.4. The van der Waals surface area contributed by atoms with Crippen molar-refractivity contribution in [1.82, 2.24) is 0 Å². The lowest BCUT2D eigenvalue weighted by molar-refractivity contribution is -0.138. The van der Waals surface area contributed by atoms with Crippen LogP contribution in [0.2, 0.25) is 0 Å². The van der Waals surface area contributed by atoms with Crippen LogP contribution in [0, 0.1) is 0 Å². The van der Waals surface area contributed by atoms with E-state index in [9.17, 15) is 4.79 Å². The minimum Gasteiger partial charge on any atom is -0.389 e. The van der Waals surface area contributed by atoms with Gasteiger partial charge in [0.25, 0.3) is 5.91 Å². The Morgan fingerprint density at radius 2 is 2.16 bits per heavy atom. The molecular formula is C14H20N2O2S. The Morgan fingerprint density at radius 1 is 1.53 bits per heavy atom. The molecule has 1 rings (SSSR count). The Balaban J connectivity index is 3.06. The van der Waals surface area contributed by atoms with Crippen molar-refractivity contribution in [2.75, 3.05) is 19.1 Å². The van der Waals surface area contributed by atoms with E-state index in [0.717, 1.165) is 11.3 Å². The first-order chi connectivity index (χ1) is 8.85. The Labute approximate surface area is 119 Å². The third-order valence-electron chi connectivity index (χ3n) is 3.40. The number of ether oxygens (including phenoxy) is 1. The molecule has 0 bridgehead atoms. The molecule has 4 nitrogen and oxygen atoms in total. The van der Waals surface area contributed by atoms with E-state index in [1.165, 1.54) is 0 Å². The topological polar surface area (TPSA) is 55.6 Å². The highest BCUT2D eigenvalue weighted by Crippen LogP contribution is 2.22. The van der Waals surface area contributed by atoms with Crippen LogP contribution in [-0.2, 0) is 9.53 Å². The molecule has 0 saturated heterocycles. The van der Waals surface area contributed by atoms with Crippen LogP contribution < -0.4 is 10.6 Å². The van der Waals surface area contributed by atoms with Crippen LogP contribution in [0.3, 0.4) is 0 Å². The van der Waals surface area contributed by atoms with E-state index in [0.29, 0.717) is 11.4 Å². The van der Waals surface area contributed by atoms with Gasteiger partial charge in [0.1, 0.15) is 10.6 Å². The Morgan fingerprint density at radius 3 is 2.63 bits per heavy atom. The zero-order valence-electron chi connectivity index (χ0n) is 11.8. The first-order valence-electron chi connectivity index (χ1n) is 6.09. The lowest BCUT2D eigenvalue weighted by Gasteiger charge is -2.30. The molecule has 0 aliphatic carbocycles. The highest BCUT2D eigenvalue weighted by atomic mass is 32.1. The molecule has 1 unspecified atom stereocenters. The van der Waals surface area contributed by atoms with Gasteiger partial charge in [0.2, 0.25) is 0 Å². The maximum Gasteiger partial charge on any atom is 0.258 e. The number of nitrogens with two attached hydrogens (primary N) is 1. The summed E-state index contributed by atoms with van der Waals surface area (Å²) in [6, 6.07) is 7.28. The van der Waals surface area contributed by atoms with Gasteiger partial charge >= 0.3 is 0 Å². The highest BCUT2D eigenvalue weighted by molar-refractivity contribution is 7.80. The molecule has 0 saturated carbocycles. The monoisotopic (exact) mass is 280 g/mol. The third kappa shape index (κ3) is 3.30. The van der Waals surface area contributed by atoms with Gasteiger partial charge in [-0.05, 0) is 25.5 Å². The van der Waals surface area contributed by atoms with Gasteiger partial charge < -0.3 is 15.4 Å². The second-order valence-electron chi connectivity index (χ2n) is 4.57. The summed E-state index contributed by atoms with van der Waals surface area (Å²) >= 11 is 4.94. The molecule has 19 heavy (non-hydrogen) atoms. The minimum atomic E-state index is -0.825. The lowest BCUT2D eigenvalue weighted by atomic mass is 10.0. The van der Waals surface area contributed by atoms with Crippen molar-refractivity contribution in [3.63, 3.8) is 0 Å². The number of benzene rings is 1. The number of likely N-dealkylation sites (N-methyl/N-ethyl adjacent to an activating group) is 1. The molecule has 0 aromatic heterocycles. The number of anilines is 1. The molecule has 0 radical (unpaired) electrons. The third-order valence-corrected chi connectivity index (χ3v) is 3.64. The Kier molecular flexibility index (Phi) is 5.03. The fraction of sp³-hybridized carbons (Fsp3) is 0.429. The van der Waals surface area contributed by atoms with Gasteiger partial charge in [0.05, 0.1) is 0 Å². The van der Waals surface area contributed by atoms with Crippen molar-refractivity contribution in [3.8, 4) is 0 Å². The van der Waals surface area contributed by atoms with Gasteiger partial charge in [-0.3, -0.25) is 4.79 Å². The molecule has 0 spiro atoms. The van der Waals surface area contributed by atoms with Crippen LogP contribution in [0.5, 0.6) is 0 Å². The molecular weight excluding hydrogens is 260 g/mol. The van der Waals surface area contributed by atoms with Gasteiger partial charge in [0.15, 0.2) is 0 Å². The Bertz CT molecular complexity index is 484. The van der Waals surface area contributed by atoms with Crippen LogP contribution in [0.4, 0.5) is 5.69 Å². The number of methoxy groups -OCH3 is 1. The van der Waals surface area contributed by atoms with Crippen LogP contribution >= 0.6 is 12.2 Å². The van der Waals surface area contributed by atoms with Crippen molar-refractivity contribution >= 4 is 28.8 Å². The van der Waals surface area contributed by atoms with E-state index >= 15 is 0 Å². The number of hydrogen-bond donors (Lipinski definition) is 1. The second-order valence-corrected chi connectivity index (χ2v) is 5.01. The molecule has 0 aliphatic rings. The number of thiocarbonyl (C=S) groups is 1. The van der Waals surface area contributed by atoms with Crippen LogP contribution in [-0.4, -0.2) is 30.7 Å². The summed E-state index contributed by atoms with van der Waals surface area (Å²) in [4.78, 5) is 14.3. The fourth-order valence-electron chi connectivity index (χ4n) is 1.72. The molecule has 2 N–H and O–H groups in total. The van der Waals surface area contributed by atoms with E-state index in [1.807, 2.05) is 25.1 Å².